The Morgan fingerprint density at radius 2 is 2.00 bits per heavy atom. The highest BCUT2D eigenvalue weighted by atomic mass is 79.9. The van der Waals surface area contributed by atoms with E-state index in [-0.39, 0.29) is 0 Å². The third-order valence-corrected chi connectivity index (χ3v) is 5.52. The number of aromatic nitrogens is 4. The van der Waals surface area contributed by atoms with Crippen LogP contribution >= 0.6 is 43.6 Å². The van der Waals surface area contributed by atoms with Crippen LogP contribution in [-0.4, -0.2) is 39.6 Å². The number of nitrogens with zero attached hydrogens (tertiary/aromatic N) is 4. The molecule has 0 aliphatic rings. The first-order chi connectivity index (χ1) is 12.7. The molecule has 0 atom stereocenters. The normalized spacial score (nSPS) is 10.9. The maximum atomic E-state index is 5.47. The van der Waals surface area contributed by atoms with Gasteiger partial charge in [0.2, 0.25) is 5.16 Å². The molecule has 2 aromatic carbocycles. The summed E-state index contributed by atoms with van der Waals surface area (Å²) in [6.45, 7) is 1.53. The standard InChI is InChI=1S/C17H17Br2N5OS/c1-25-16-12(9-13(18)10-15(16)19)11-20-7-8-26-17-21-22-23-24(17)14-5-3-2-4-6-14/h2-6,9-10,20H,7-8,11H2,1H3. The van der Waals surface area contributed by atoms with Gasteiger partial charge < -0.3 is 10.1 Å². The molecule has 136 valence electrons. The summed E-state index contributed by atoms with van der Waals surface area (Å²) in [5, 5.41) is 16.2. The molecule has 0 unspecified atom stereocenters. The molecule has 0 radical (unpaired) electrons. The Morgan fingerprint density at radius 3 is 2.77 bits per heavy atom. The lowest BCUT2D eigenvalue weighted by Crippen LogP contribution is -2.17. The zero-order valence-electron chi connectivity index (χ0n) is 14.0. The molecule has 6 nitrogen and oxygen atoms in total. The fraction of sp³-hybridized carbons (Fsp3) is 0.235. The number of benzene rings is 2. The van der Waals surface area contributed by atoms with Crippen molar-refractivity contribution in [3.63, 3.8) is 0 Å². The van der Waals surface area contributed by atoms with E-state index in [0.717, 1.165) is 43.4 Å². The van der Waals surface area contributed by atoms with E-state index in [4.69, 9.17) is 4.74 Å². The van der Waals surface area contributed by atoms with E-state index < -0.39 is 0 Å². The molecule has 1 aromatic heterocycles. The first-order valence-corrected chi connectivity index (χ1v) is 10.5. The first-order valence-electron chi connectivity index (χ1n) is 7.88. The number of hydrogen-bond donors (Lipinski definition) is 1. The molecule has 0 amide bonds. The van der Waals surface area contributed by atoms with Crippen molar-refractivity contribution in [3.8, 4) is 11.4 Å². The zero-order valence-corrected chi connectivity index (χ0v) is 18.0. The van der Waals surface area contributed by atoms with Crippen molar-refractivity contribution in [2.24, 2.45) is 0 Å². The predicted octanol–water partition coefficient (Wildman–Crippen LogP) is 4.08. The maximum Gasteiger partial charge on any atom is 0.214 e. The fourth-order valence-corrected chi connectivity index (χ4v) is 4.67. The Morgan fingerprint density at radius 1 is 1.19 bits per heavy atom. The molecule has 1 heterocycles. The second kappa shape index (κ2) is 9.50. The summed E-state index contributed by atoms with van der Waals surface area (Å²) in [5.41, 5.74) is 2.05. The Labute approximate surface area is 173 Å². The molecule has 0 fully saturated rings. The van der Waals surface area contributed by atoms with Gasteiger partial charge in [-0.1, -0.05) is 45.9 Å². The summed E-state index contributed by atoms with van der Waals surface area (Å²) in [5.74, 6) is 1.70. The molecule has 0 spiro atoms. The minimum absolute atomic E-state index is 0.714. The van der Waals surface area contributed by atoms with Crippen LogP contribution in [0.5, 0.6) is 5.75 Å². The molecule has 26 heavy (non-hydrogen) atoms. The fourth-order valence-electron chi connectivity index (χ4n) is 2.41. The monoisotopic (exact) mass is 497 g/mol. The number of halogens is 2. The summed E-state index contributed by atoms with van der Waals surface area (Å²) in [4.78, 5) is 0. The van der Waals surface area contributed by atoms with Crippen molar-refractivity contribution < 1.29 is 4.74 Å². The van der Waals surface area contributed by atoms with Crippen LogP contribution in [0.1, 0.15) is 5.56 Å². The van der Waals surface area contributed by atoms with Crippen molar-refractivity contribution in [1.29, 1.82) is 0 Å². The summed E-state index contributed by atoms with van der Waals surface area (Å²) in [7, 11) is 1.68. The van der Waals surface area contributed by atoms with Gasteiger partial charge in [0, 0.05) is 28.9 Å². The van der Waals surface area contributed by atoms with Crippen molar-refractivity contribution in [1.82, 2.24) is 25.5 Å². The van der Waals surface area contributed by atoms with Gasteiger partial charge in [-0.15, -0.1) is 5.10 Å². The molecule has 3 aromatic rings. The van der Waals surface area contributed by atoms with E-state index in [1.165, 1.54) is 0 Å². The van der Waals surface area contributed by atoms with E-state index in [1.54, 1.807) is 23.6 Å². The second-order valence-electron chi connectivity index (χ2n) is 5.31. The molecule has 0 bridgehead atoms. The number of thioether (sulfide) groups is 1. The molecular formula is C17H17Br2N5OS. The average Bonchev–Trinajstić information content (AvgIpc) is 3.10. The van der Waals surface area contributed by atoms with Crippen molar-refractivity contribution in [2.45, 2.75) is 11.7 Å². The zero-order chi connectivity index (χ0) is 18.4. The molecule has 0 aliphatic heterocycles. The van der Waals surface area contributed by atoms with Crippen molar-refractivity contribution in [2.75, 3.05) is 19.4 Å². The number of hydrogen-bond acceptors (Lipinski definition) is 6. The van der Waals surface area contributed by atoms with E-state index in [9.17, 15) is 0 Å². The lowest BCUT2D eigenvalue weighted by Gasteiger charge is -2.12. The van der Waals surface area contributed by atoms with Gasteiger partial charge in [-0.05, 0) is 50.6 Å². The van der Waals surface area contributed by atoms with Crippen LogP contribution in [0.4, 0.5) is 0 Å². The van der Waals surface area contributed by atoms with Gasteiger partial charge >= 0.3 is 0 Å². The highest BCUT2D eigenvalue weighted by Crippen LogP contribution is 2.32. The van der Waals surface area contributed by atoms with Gasteiger partial charge in [0.1, 0.15) is 5.75 Å². The third-order valence-electron chi connectivity index (χ3n) is 3.56. The van der Waals surface area contributed by atoms with Crippen molar-refractivity contribution in [3.05, 3.63) is 57.0 Å². The summed E-state index contributed by atoms with van der Waals surface area (Å²) in [6, 6.07) is 13.9. The minimum atomic E-state index is 0.714. The van der Waals surface area contributed by atoms with E-state index in [0.29, 0.717) is 6.54 Å². The van der Waals surface area contributed by atoms with Crippen LogP contribution in [-0.2, 0) is 6.54 Å². The van der Waals surface area contributed by atoms with Gasteiger partial charge in [-0.25, -0.2) is 0 Å². The van der Waals surface area contributed by atoms with E-state index in [1.807, 2.05) is 36.4 Å². The highest BCUT2D eigenvalue weighted by Gasteiger charge is 2.10. The number of tetrazole rings is 1. The van der Waals surface area contributed by atoms with Crippen LogP contribution in [0.2, 0.25) is 0 Å². The quantitative estimate of drug-likeness (QED) is 0.373. The molecule has 1 N–H and O–H groups in total. The first kappa shape index (κ1) is 19.3. The number of ether oxygens (including phenoxy) is 1. The Hall–Kier alpha value is -1.42. The Bertz CT molecular complexity index is 860. The molecule has 0 saturated carbocycles. The lowest BCUT2D eigenvalue weighted by molar-refractivity contribution is 0.405. The third kappa shape index (κ3) is 4.85. The molecule has 0 saturated heterocycles. The summed E-state index contributed by atoms with van der Waals surface area (Å²) < 4.78 is 9.16. The van der Waals surface area contributed by atoms with Crippen LogP contribution < -0.4 is 10.1 Å². The smallest absolute Gasteiger partial charge is 0.214 e. The van der Waals surface area contributed by atoms with Crippen LogP contribution in [0.3, 0.4) is 0 Å². The second-order valence-corrected chi connectivity index (χ2v) is 8.15. The number of nitrogens with one attached hydrogen (secondary N) is 1. The number of para-hydroxylation sites is 1. The van der Waals surface area contributed by atoms with Crippen LogP contribution in [0.25, 0.3) is 5.69 Å². The average molecular weight is 499 g/mol. The highest BCUT2D eigenvalue weighted by molar-refractivity contribution is 9.11. The number of rotatable bonds is 8. The van der Waals surface area contributed by atoms with Gasteiger partial charge in [0.05, 0.1) is 17.3 Å². The van der Waals surface area contributed by atoms with Gasteiger partial charge in [-0.2, -0.15) is 4.68 Å². The van der Waals surface area contributed by atoms with E-state index >= 15 is 0 Å². The molecule has 3 rings (SSSR count). The molecule has 9 heteroatoms. The topological polar surface area (TPSA) is 64.9 Å². The lowest BCUT2D eigenvalue weighted by atomic mass is 10.2. The minimum Gasteiger partial charge on any atom is -0.495 e. The Kier molecular flexibility index (Phi) is 7.07. The molecule has 0 aliphatic carbocycles. The van der Waals surface area contributed by atoms with Crippen LogP contribution in [0.15, 0.2) is 56.6 Å². The Balaban J connectivity index is 1.53. The van der Waals surface area contributed by atoms with Crippen LogP contribution in [0, 0.1) is 0 Å². The largest absolute Gasteiger partial charge is 0.495 e. The maximum absolute atomic E-state index is 5.47. The summed E-state index contributed by atoms with van der Waals surface area (Å²) in [6.07, 6.45) is 0. The number of methoxy groups -OCH3 is 1. The van der Waals surface area contributed by atoms with Gasteiger partial charge in [0.25, 0.3) is 0 Å². The SMILES string of the molecule is COc1c(Br)cc(Br)cc1CNCCSc1nnnn1-c1ccccc1. The summed E-state index contributed by atoms with van der Waals surface area (Å²) >= 11 is 8.65. The van der Waals surface area contributed by atoms with Crippen molar-refractivity contribution >= 4 is 43.6 Å². The molecular weight excluding hydrogens is 482 g/mol. The van der Waals surface area contributed by atoms with Gasteiger partial charge in [0.15, 0.2) is 0 Å². The predicted molar refractivity (Wildman–Crippen MR) is 110 cm³/mol. The van der Waals surface area contributed by atoms with Gasteiger partial charge in [-0.3, -0.25) is 0 Å². The van der Waals surface area contributed by atoms with E-state index in [2.05, 4.69) is 58.8 Å².